The van der Waals surface area contributed by atoms with Crippen LogP contribution < -0.4 is 10.1 Å². The van der Waals surface area contributed by atoms with Gasteiger partial charge in [0.25, 0.3) is 5.91 Å². The Balaban J connectivity index is 1.83. The summed E-state index contributed by atoms with van der Waals surface area (Å²) in [5.41, 5.74) is 0.679. The van der Waals surface area contributed by atoms with Crippen LogP contribution in [0.2, 0.25) is 0 Å². The van der Waals surface area contributed by atoms with Crippen LogP contribution in [0.5, 0.6) is 5.88 Å². The molecule has 1 aromatic carbocycles. The molecule has 2 heterocycles. The number of anilines is 1. The number of aromatic nitrogens is 1. The number of carbonyl (C=O) groups excluding carboxylic acids is 1. The Kier molecular flexibility index (Phi) is 5.53. The molecule has 1 saturated heterocycles. The van der Waals surface area contributed by atoms with E-state index in [0.29, 0.717) is 18.8 Å². The molecule has 138 valence electrons. The number of nitrogens with one attached hydrogen (secondary N) is 1. The molecule has 1 N–H and O–H groups in total. The second-order valence-electron chi connectivity index (χ2n) is 6.01. The minimum Gasteiger partial charge on any atom is -0.480 e. The van der Waals surface area contributed by atoms with Gasteiger partial charge in [0.1, 0.15) is 5.69 Å². The maximum absolute atomic E-state index is 12.8. The number of hydrogen-bond acceptors (Lipinski definition) is 5. The highest BCUT2D eigenvalue weighted by atomic mass is 32.2. The van der Waals surface area contributed by atoms with E-state index in [9.17, 15) is 13.2 Å². The van der Waals surface area contributed by atoms with E-state index in [1.807, 2.05) is 0 Å². The fourth-order valence-corrected chi connectivity index (χ4v) is 4.46. The zero-order valence-corrected chi connectivity index (χ0v) is 15.3. The lowest BCUT2D eigenvalue weighted by atomic mass is 10.2. The van der Waals surface area contributed by atoms with Gasteiger partial charge in [-0.3, -0.25) is 4.79 Å². The van der Waals surface area contributed by atoms with Gasteiger partial charge in [0, 0.05) is 24.8 Å². The summed E-state index contributed by atoms with van der Waals surface area (Å²) in [5, 5.41) is 2.70. The molecule has 2 aromatic rings. The van der Waals surface area contributed by atoms with Crippen LogP contribution in [0.1, 0.15) is 29.6 Å². The van der Waals surface area contributed by atoms with Crippen molar-refractivity contribution < 1.29 is 17.9 Å². The highest BCUT2D eigenvalue weighted by Gasteiger charge is 2.26. The Morgan fingerprint density at radius 1 is 1.15 bits per heavy atom. The number of sulfonamides is 1. The first kappa shape index (κ1) is 18.3. The quantitative estimate of drug-likeness (QED) is 0.867. The number of pyridine rings is 1. The summed E-state index contributed by atoms with van der Waals surface area (Å²) in [5.74, 6) is -0.134. The first-order valence-electron chi connectivity index (χ1n) is 8.43. The largest absolute Gasteiger partial charge is 0.480 e. The van der Waals surface area contributed by atoms with Crippen molar-refractivity contribution >= 4 is 21.6 Å². The minimum atomic E-state index is -3.59. The van der Waals surface area contributed by atoms with Crippen LogP contribution in [-0.4, -0.2) is 43.8 Å². The molecule has 0 aliphatic carbocycles. The lowest BCUT2D eigenvalue weighted by Crippen LogP contribution is -2.35. The third-order valence-corrected chi connectivity index (χ3v) is 6.16. The van der Waals surface area contributed by atoms with Gasteiger partial charge in [-0.25, -0.2) is 13.4 Å². The number of ether oxygens (including phenoxy) is 1. The number of carbonyl (C=O) groups is 1. The number of methoxy groups -OCH3 is 1. The van der Waals surface area contributed by atoms with Crippen LogP contribution in [0, 0.1) is 0 Å². The van der Waals surface area contributed by atoms with Crippen molar-refractivity contribution in [2.75, 3.05) is 25.5 Å². The van der Waals surface area contributed by atoms with Crippen molar-refractivity contribution in [3.8, 4) is 5.88 Å². The fourth-order valence-electron chi connectivity index (χ4n) is 2.90. The number of rotatable bonds is 5. The van der Waals surface area contributed by atoms with Crippen molar-refractivity contribution in [1.29, 1.82) is 0 Å². The van der Waals surface area contributed by atoms with Gasteiger partial charge in [-0.15, -0.1) is 0 Å². The maximum atomic E-state index is 12.8. The number of nitrogens with zero attached hydrogens (tertiary/aromatic N) is 2. The van der Waals surface area contributed by atoms with Gasteiger partial charge in [-0.05, 0) is 43.2 Å². The van der Waals surface area contributed by atoms with Crippen molar-refractivity contribution in [3.05, 3.63) is 48.2 Å². The maximum Gasteiger partial charge on any atom is 0.255 e. The van der Waals surface area contributed by atoms with Gasteiger partial charge >= 0.3 is 0 Å². The predicted octanol–water partition coefficient (Wildman–Crippen LogP) is 2.52. The molecule has 1 aliphatic rings. The van der Waals surface area contributed by atoms with Crippen LogP contribution in [0.25, 0.3) is 0 Å². The number of piperidine rings is 1. The van der Waals surface area contributed by atoms with E-state index in [1.165, 1.54) is 23.5 Å². The average Bonchev–Trinajstić information content (AvgIpc) is 2.69. The predicted molar refractivity (Wildman–Crippen MR) is 97.8 cm³/mol. The SMILES string of the molecule is COc1ncccc1NC(=O)c1cccc(S(=O)(=O)N2CCCCC2)c1. The first-order valence-corrected chi connectivity index (χ1v) is 9.87. The number of benzene rings is 1. The Hall–Kier alpha value is -2.45. The molecule has 1 fully saturated rings. The van der Waals surface area contributed by atoms with E-state index in [0.717, 1.165) is 19.3 Å². The third-order valence-electron chi connectivity index (χ3n) is 4.26. The van der Waals surface area contributed by atoms with Crippen molar-refractivity contribution in [2.45, 2.75) is 24.2 Å². The zero-order valence-electron chi connectivity index (χ0n) is 14.5. The average molecular weight is 375 g/mol. The second-order valence-corrected chi connectivity index (χ2v) is 7.94. The van der Waals surface area contributed by atoms with E-state index in [1.54, 1.807) is 30.5 Å². The molecule has 7 nitrogen and oxygen atoms in total. The highest BCUT2D eigenvalue weighted by Crippen LogP contribution is 2.23. The molecule has 26 heavy (non-hydrogen) atoms. The minimum absolute atomic E-state index is 0.130. The topological polar surface area (TPSA) is 88.6 Å². The van der Waals surface area contributed by atoms with Crippen LogP contribution in [0.3, 0.4) is 0 Å². The lowest BCUT2D eigenvalue weighted by Gasteiger charge is -2.26. The molecule has 1 aromatic heterocycles. The molecule has 3 rings (SSSR count). The summed E-state index contributed by atoms with van der Waals surface area (Å²) in [6, 6.07) is 9.42. The Bertz CT molecular complexity index is 893. The first-order chi connectivity index (χ1) is 12.5. The van der Waals surface area contributed by atoms with E-state index in [2.05, 4.69) is 10.3 Å². The van der Waals surface area contributed by atoms with Gasteiger partial charge in [0.2, 0.25) is 15.9 Å². The Morgan fingerprint density at radius 3 is 2.65 bits per heavy atom. The van der Waals surface area contributed by atoms with Crippen LogP contribution in [-0.2, 0) is 10.0 Å². The van der Waals surface area contributed by atoms with Crippen LogP contribution in [0.15, 0.2) is 47.5 Å². The summed E-state index contributed by atoms with van der Waals surface area (Å²) in [4.78, 5) is 16.7. The highest BCUT2D eigenvalue weighted by molar-refractivity contribution is 7.89. The monoisotopic (exact) mass is 375 g/mol. The fraction of sp³-hybridized carbons (Fsp3) is 0.333. The smallest absolute Gasteiger partial charge is 0.255 e. The summed E-state index contributed by atoms with van der Waals surface area (Å²) in [6.07, 6.45) is 4.32. The van der Waals surface area contributed by atoms with Crippen LogP contribution in [0.4, 0.5) is 5.69 Å². The molecule has 0 saturated carbocycles. The van der Waals surface area contributed by atoms with Gasteiger partial charge in [0.15, 0.2) is 0 Å². The lowest BCUT2D eigenvalue weighted by molar-refractivity contribution is 0.102. The van der Waals surface area contributed by atoms with Gasteiger partial charge in [-0.1, -0.05) is 12.5 Å². The standard InChI is InChI=1S/C18H21N3O4S/c1-25-18-16(9-6-10-19-18)20-17(22)14-7-5-8-15(13-14)26(23,24)21-11-3-2-4-12-21/h5-10,13H,2-4,11-12H2,1H3,(H,20,22). The molecule has 1 aliphatic heterocycles. The summed E-state index contributed by atoms with van der Waals surface area (Å²) < 4.78 is 32.2. The van der Waals surface area contributed by atoms with E-state index >= 15 is 0 Å². The van der Waals surface area contributed by atoms with Crippen molar-refractivity contribution in [3.63, 3.8) is 0 Å². The van der Waals surface area contributed by atoms with Gasteiger partial charge in [-0.2, -0.15) is 4.31 Å². The number of amides is 1. The second kappa shape index (κ2) is 7.84. The molecule has 0 atom stereocenters. The van der Waals surface area contributed by atoms with Gasteiger partial charge in [0.05, 0.1) is 12.0 Å². The third kappa shape index (κ3) is 3.86. The van der Waals surface area contributed by atoms with E-state index in [4.69, 9.17) is 4.74 Å². The normalized spacial score (nSPS) is 15.4. The summed E-state index contributed by atoms with van der Waals surface area (Å²) >= 11 is 0. The summed E-state index contributed by atoms with van der Waals surface area (Å²) in [7, 11) is -2.13. The Labute approximate surface area is 153 Å². The van der Waals surface area contributed by atoms with E-state index < -0.39 is 15.9 Å². The molecular formula is C18H21N3O4S. The molecule has 0 bridgehead atoms. The molecule has 8 heteroatoms. The number of hydrogen-bond donors (Lipinski definition) is 1. The van der Waals surface area contributed by atoms with Crippen LogP contribution >= 0.6 is 0 Å². The molecule has 0 spiro atoms. The zero-order chi connectivity index (χ0) is 18.6. The molecule has 0 radical (unpaired) electrons. The molecule has 0 unspecified atom stereocenters. The van der Waals surface area contributed by atoms with Crippen molar-refractivity contribution in [1.82, 2.24) is 9.29 Å². The van der Waals surface area contributed by atoms with Crippen molar-refractivity contribution in [2.24, 2.45) is 0 Å². The molecule has 1 amide bonds. The Morgan fingerprint density at radius 2 is 1.92 bits per heavy atom. The molecular weight excluding hydrogens is 354 g/mol. The van der Waals surface area contributed by atoms with E-state index in [-0.39, 0.29) is 16.3 Å². The van der Waals surface area contributed by atoms with Gasteiger partial charge < -0.3 is 10.1 Å². The summed E-state index contributed by atoms with van der Waals surface area (Å²) in [6.45, 7) is 1.04.